The van der Waals surface area contributed by atoms with Crippen LogP contribution in [0.2, 0.25) is 0 Å². The molecule has 0 saturated carbocycles. The molecule has 0 heterocycles. The van der Waals surface area contributed by atoms with Crippen LogP contribution in [0.5, 0.6) is 0 Å². The summed E-state index contributed by atoms with van der Waals surface area (Å²) in [5.41, 5.74) is 2.36. The number of hydrogen-bond acceptors (Lipinski definition) is 1. The van der Waals surface area contributed by atoms with Crippen molar-refractivity contribution in [3.63, 3.8) is 0 Å². The molecule has 0 atom stereocenters. The summed E-state index contributed by atoms with van der Waals surface area (Å²) >= 11 is 0. The highest BCUT2D eigenvalue weighted by atomic mass is 16.1. The SMILES string of the molecule is C/C=C(/C)C(=CCC)/C=C\C(=O)CC. The molecule has 0 aromatic heterocycles. The average Bonchev–Trinajstić information content (AvgIpc) is 2.22. The van der Waals surface area contributed by atoms with Crippen LogP contribution in [-0.2, 0) is 4.79 Å². The van der Waals surface area contributed by atoms with Crippen LogP contribution in [0.15, 0.2) is 35.5 Å². The highest BCUT2D eigenvalue weighted by Gasteiger charge is 1.95. The predicted molar refractivity (Wildman–Crippen MR) is 62.2 cm³/mol. The maximum absolute atomic E-state index is 11.1. The molecule has 0 unspecified atom stereocenters. The highest BCUT2D eigenvalue weighted by Crippen LogP contribution is 2.11. The Kier molecular flexibility index (Phi) is 6.73. The normalized spacial score (nSPS) is 13.7. The fraction of sp³-hybridized carbons (Fsp3) is 0.462. The van der Waals surface area contributed by atoms with Crippen molar-refractivity contribution in [1.82, 2.24) is 0 Å². The Morgan fingerprint density at radius 1 is 1.21 bits per heavy atom. The second kappa shape index (κ2) is 7.31. The van der Waals surface area contributed by atoms with Gasteiger partial charge in [0.25, 0.3) is 0 Å². The summed E-state index contributed by atoms with van der Waals surface area (Å²) < 4.78 is 0. The van der Waals surface area contributed by atoms with E-state index in [1.165, 1.54) is 5.57 Å². The lowest BCUT2D eigenvalue weighted by Crippen LogP contribution is -1.89. The Morgan fingerprint density at radius 3 is 2.29 bits per heavy atom. The molecule has 0 aromatic rings. The van der Waals surface area contributed by atoms with Gasteiger partial charge in [0.2, 0.25) is 0 Å². The quantitative estimate of drug-likeness (QED) is 0.478. The molecule has 0 fully saturated rings. The minimum absolute atomic E-state index is 0.177. The monoisotopic (exact) mass is 192 g/mol. The van der Waals surface area contributed by atoms with E-state index in [1.807, 2.05) is 19.9 Å². The van der Waals surface area contributed by atoms with Crippen LogP contribution in [0.1, 0.15) is 40.5 Å². The van der Waals surface area contributed by atoms with E-state index in [0.717, 1.165) is 12.0 Å². The van der Waals surface area contributed by atoms with E-state index in [1.54, 1.807) is 6.08 Å². The van der Waals surface area contributed by atoms with Crippen molar-refractivity contribution in [2.45, 2.75) is 40.5 Å². The minimum Gasteiger partial charge on any atom is -0.295 e. The van der Waals surface area contributed by atoms with Gasteiger partial charge in [-0.25, -0.2) is 0 Å². The van der Waals surface area contributed by atoms with E-state index in [0.29, 0.717) is 6.42 Å². The molecule has 0 radical (unpaired) electrons. The first-order chi connectivity index (χ1) is 6.65. The van der Waals surface area contributed by atoms with Crippen molar-refractivity contribution in [3.05, 3.63) is 35.5 Å². The van der Waals surface area contributed by atoms with Crippen LogP contribution >= 0.6 is 0 Å². The van der Waals surface area contributed by atoms with Gasteiger partial charge in [-0.1, -0.05) is 32.1 Å². The van der Waals surface area contributed by atoms with E-state index in [4.69, 9.17) is 0 Å². The fourth-order valence-electron chi connectivity index (χ4n) is 1.05. The Hall–Kier alpha value is -1.11. The number of hydrogen-bond donors (Lipinski definition) is 0. The van der Waals surface area contributed by atoms with Crippen molar-refractivity contribution in [3.8, 4) is 0 Å². The van der Waals surface area contributed by atoms with Crippen molar-refractivity contribution >= 4 is 5.78 Å². The first-order valence-corrected chi connectivity index (χ1v) is 5.20. The Morgan fingerprint density at radius 2 is 1.86 bits per heavy atom. The van der Waals surface area contributed by atoms with E-state index in [-0.39, 0.29) is 5.78 Å². The van der Waals surface area contributed by atoms with Crippen LogP contribution in [0.4, 0.5) is 0 Å². The molecule has 0 aliphatic carbocycles. The maximum atomic E-state index is 11.1. The summed E-state index contributed by atoms with van der Waals surface area (Å²) in [6, 6.07) is 0. The summed E-state index contributed by atoms with van der Waals surface area (Å²) in [5, 5.41) is 0. The molecule has 1 heteroatoms. The summed E-state index contributed by atoms with van der Waals surface area (Å²) in [6.07, 6.45) is 9.33. The van der Waals surface area contributed by atoms with Gasteiger partial charge in [0, 0.05) is 6.42 Å². The van der Waals surface area contributed by atoms with Gasteiger partial charge in [-0.2, -0.15) is 0 Å². The number of rotatable bonds is 5. The van der Waals surface area contributed by atoms with Gasteiger partial charge in [-0.3, -0.25) is 4.79 Å². The first-order valence-electron chi connectivity index (χ1n) is 5.20. The Labute approximate surface area is 87.2 Å². The highest BCUT2D eigenvalue weighted by molar-refractivity contribution is 5.89. The average molecular weight is 192 g/mol. The van der Waals surface area contributed by atoms with E-state index in [9.17, 15) is 4.79 Å². The van der Waals surface area contributed by atoms with Crippen molar-refractivity contribution < 1.29 is 4.79 Å². The molecule has 0 N–H and O–H groups in total. The van der Waals surface area contributed by atoms with Crippen molar-refractivity contribution in [2.24, 2.45) is 0 Å². The third-order valence-electron chi connectivity index (χ3n) is 2.11. The molecule has 78 valence electrons. The molecule has 1 nitrogen and oxygen atoms in total. The zero-order valence-electron chi connectivity index (χ0n) is 9.63. The van der Waals surface area contributed by atoms with Gasteiger partial charge in [0.1, 0.15) is 0 Å². The van der Waals surface area contributed by atoms with E-state index in [2.05, 4.69) is 26.0 Å². The standard InChI is InChI=1S/C13H20O/c1-5-8-12(11(4)6-2)9-10-13(14)7-3/h6,8-10H,5,7H2,1-4H3/b10-9-,11-6-,12-8?. The third kappa shape index (κ3) is 4.80. The summed E-state index contributed by atoms with van der Waals surface area (Å²) in [6.45, 7) is 8.04. The zero-order chi connectivity index (χ0) is 11.0. The molecule has 0 aliphatic rings. The third-order valence-corrected chi connectivity index (χ3v) is 2.11. The number of ketones is 1. The van der Waals surface area contributed by atoms with Crippen LogP contribution in [0.25, 0.3) is 0 Å². The largest absolute Gasteiger partial charge is 0.295 e. The Bertz CT molecular complexity index is 267. The summed E-state index contributed by atoms with van der Waals surface area (Å²) in [7, 11) is 0. The predicted octanol–water partition coefficient (Wildman–Crippen LogP) is 3.82. The van der Waals surface area contributed by atoms with Gasteiger partial charge in [-0.05, 0) is 37.5 Å². The van der Waals surface area contributed by atoms with Crippen molar-refractivity contribution in [2.75, 3.05) is 0 Å². The van der Waals surface area contributed by atoms with Gasteiger partial charge < -0.3 is 0 Å². The van der Waals surface area contributed by atoms with Gasteiger partial charge in [0.05, 0.1) is 0 Å². The van der Waals surface area contributed by atoms with Gasteiger partial charge in [0.15, 0.2) is 5.78 Å². The second-order valence-electron chi connectivity index (χ2n) is 3.19. The fourth-order valence-corrected chi connectivity index (χ4v) is 1.05. The van der Waals surface area contributed by atoms with Crippen molar-refractivity contribution in [1.29, 1.82) is 0 Å². The maximum Gasteiger partial charge on any atom is 0.155 e. The molecular formula is C13H20O. The zero-order valence-corrected chi connectivity index (χ0v) is 9.63. The molecule has 0 aromatic carbocycles. The number of carbonyl (C=O) groups is 1. The molecule has 0 bridgehead atoms. The van der Waals surface area contributed by atoms with E-state index >= 15 is 0 Å². The first kappa shape index (κ1) is 12.9. The Balaban J connectivity index is 4.63. The van der Waals surface area contributed by atoms with Crippen LogP contribution in [-0.4, -0.2) is 5.78 Å². The minimum atomic E-state index is 0.177. The van der Waals surface area contributed by atoms with Gasteiger partial charge in [-0.15, -0.1) is 0 Å². The lowest BCUT2D eigenvalue weighted by Gasteiger charge is -2.00. The number of allylic oxidation sites excluding steroid dienone is 6. The molecule has 0 rings (SSSR count). The number of carbonyl (C=O) groups excluding carboxylic acids is 1. The van der Waals surface area contributed by atoms with Crippen LogP contribution in [0, 0.1) is 0 Å². The molecule has 0 aliphatic heterocycles. The van der Waals surface area contributed by atoms with Crippen LogP contribution in [0.3, 0.4) is 0 Å². The lowest BCUT2D eigenvalue weighted by atomic mass is 10.1. The molecule has 0 amide bonds. The smallest absolute Gasteiger partial charge is 0.155 e. The molecule has 0 saturated heterocycles. The van der Waals surface area contributed by atoms with Gasteiger partial charge >= 0.3 is 0 Å². The summed E-state index contributed by atoms with van der Waals surface area (Å²) in [5.74, 6) is 0.177. The molecule has 0 spiro atoms. The molecule has 14 heavy (non-hydrogen) atoms. The van der Waals surface area contributed by atoms with Crippen LogP contribution < -0.4 is 0 Å². The second-order valence-corrected chi connectivity index (χ2v) is 3.19. The lowest BCUT2D eigenvalue weighted by molar-refractivity contribution is -0.114. The summed E-state index contributed by atoms with van der Waals surface area (Å²) in [4.78, 5) is 11.1. The van der Waals surface area contributed by atoms with E-state index < -0.39 is 0 Å². The topological polar surface area (TPSA) is 17.1 Å². The molecular weight excluding hydrogens is 172 g/mol.